The molecule has 1 fully saturated rings. The third kappa shape index (κ3) is 6.01. The van der Waals surface area contributed by atoms with Gasteiger partial charge in [0.1, 0.15) is 12.1 Å². The first-order chi connectivity index (χ1) is 9.95. The van der Waals surface area contributed by atoms with E-state index in [-0.39, 0.29) is 6.61 Å². The summed E-state index contributed by atoms with van der Waals surface area (Å²) in [5, 5.41) is 12.4. The molecule has 3 atom stereocenters. The van der Waals surface area contributed by atoms with Crippen LogP contribution >= 0.6 is 0 Å². The lowest BCUT2D eigenvalue weighted by atomic mass is 9.84. The highest BCUT2D eigenvalue weighted by Crippen LogP contribution is 2.27. The Bertz CT molecular complexity index is 343. The Balaban J connectivity index is 2.39. The summed E-state index contributed by atoms with van der Waals surface area (Å²) >= 11 is 0. The summed E-state index contributed by atoms with van der Waals surface area (Å²) in [4.78, 5) is 23.3. The van der Waals surface area contributed by atoms with Gasteiger partial charge in [-0.1, -0.05) is 32.1 Å². The largest absolute Gasteiger partial charge is 0.464 e. The topological polar surface area (TPSA) is 102 Å². The molecule has 4 N–H and O–H groups in total. The Morgan fingerprint density at radius 2 is 1.95 bits per heavy atom. The fourth-order valence-corrected chi connectivity index (χ4v) is 2.76. The van der Waals surface area contributed by atoms with Crippen molar-refractivity contribution in [3.63, 3.8) is 0 Å². The van der Waals surface area contributed by atoms with E-state index in [9.17, 15) is 14.7 Å². The molecule has 0 spiro atoms. The predicted octanol–water partition coefficient (Wildman–Crippen LogP) is 0.713. The van der Waals surface area contributed by atoms with Crippen molar-refractivity contribution in [1.29, 1.82) is 0 Å². The zero-order valence-corrected chi connectivity index (χ0v) is 13.0. The molecule has 122 valence electrons. The van der Waals surface area contributed by atoms with Crippen molar-refractivity contribution in [2.45, 2.75) is 70.6 Å². The average molecular weight is 300 g/mol. The number of nitrogens with two attached hydrogens (primary N) is 1. The van der Waals surface area contributed by atoms with E-state index in [1.54, 1.807) is 6.92 Å². The quantitative estimate of drug-likeness (QED) is 0.601. The maximum absolute atomic E-state index is 11.9. The summed E-state index contributed by atoms with van der Waals surface area (Å²) in [6.45, 7) is 3.47. The van der Waals surface area contributed by atoms with Crippen LogP contribution in [0.25, 0.3) is 0 Å². The number of carbonyl (C=O) groups is 2. The van der Waals surface area contributed by atoms with E-state index in [0.717, 1.165) is 12.8 Å². The monoisotopic (exact) mass is 300 g/mol. The maximum atomic E-state index is 11.9. The Hall–Kier alpha value is -1.14. The first-order valence-corrected chi connectivity index (χ1v) is 7.86. The highest BCUT2D eigenvalue weighted by molar-refractivity contribution is 5.87. The fourth-order valence-electron chi connectivity index (χ4n) is 2.76. The minimum atomic E-state index is -1.29. The molecule has 0 bridgehead atoms. The number of hydrogen-bond donors (Lipinski definition) is 3. The Kier molecular flexibility index (Phi) is 7.67. The molecule has 21 heavy (non-hydrogen) atoms. The van der Waals surface area contributed by atoms with Crippen LogP contribution in [-0.4, -0.2) is 41.8 Å². The van der Waals surface area contributed by atoms with Gasteiger partial charge in [0, 0.05) is 6.04 Å². The van der Waals surface area contributed by atoms with Crippen LogP contribution in [0.4, 0.5) is 0 Å². The number of esters is 1. The summed E-state index contributed by atoms with van der Waals surface area (Å²) in [7, 11) is 0. The van der Waals surface area contributed by atoms with Crippen molar-refractivity contribution >= 4 is 11.9 Å². The molecule has 1 rings (SSSR count). The second-order valence-corrected chi connectivity index (χ2v) is 5.83. The third-order valence-corrected chi connectivity index (χ3v) is 4.00. The van der Waals surface area contributed by atoms with Gasteiger partial charge >= 0.3 is 5.97 Å². The van der Waals surface area contributed by atoms with E-state index in [2.05, 4.69) is 5.32 Å². The van der Waals surface area contributed by atoms with Gasteiger partial charge in [-0.2, -0.15) is 0 Å². The zero-order valence-electron chi connectivity index (χ0n) is 13.0. The summed E-state index contributed by atoms with van der Waals surface area (Å²) in [5.41, 5.74) is 5.93. The summed E-state index contributed by atoms with van der Waals surface area (Å²) in [5.74, 6) is -0.642. The molecule has 0 radical (unpaired) electrons. The van der Waals surface area contributed by atoms with Gasteiger partial charge in [-0.25, -0.2) is 4.79 Å². The number of carbonyl (C=O) groups excluding carboxylic acids is 2. The van der Waals surface area contributed by atoms with Crippen LogP contribution < -0.4 is 11.1 Å². The molecular weight excluding hydrogens is 272 g/mol. The molecule has 6 nitrogen and oxygen atoms in total. The number of ether oxygens (including phenoxy) is 1. The number of rotatable bonds is 7. The van der Waals surface area contributed by atoms with Crippen LogP contribution in [0, 0.1) is 5.92 Å². The summed E-state index contributed by atoms with van der Waals surface area (Å²) in [6, 6.07) is -1.38. The maximum Gasteiger partial charge on any atom is 0.328 e. The van der Waals surface area contributed by atoms with Gasteiger partial charge in [0.2, 0.25) is 0 Å². The summed E-state index contributed by atoms with van der Waals surface area (Å²) < 4.78 is 4.80. The van der Waals surface area contributed by atoms with E-state index in [1.165, 1.54) is 26.2 Å². The van der Waals surface area contributed by atoms with Gasteiger partial charge in [0.05, 0.1) is 6.61 Å². The lowest BCUT2D eigenvalue weighted by Gasteiger charge is -2.27. The van der Waals surface area contributed by atoms with Crippen LogP contribution in [-0.2, 0) is 14.3 Å². The van der Waals surface area contributed by atoms with Crippen molar-refractivity contribution in [1.82, 2.24) is 5.32 Å². The van der Waals surface area contributed by atoms with Gasteiger partial charge in [0.15, 0.2) is 0 Å². The minimum Gasteiger partial charge on any atom is -0.464 e. The molecule has 0 aromatic heterocycles. The van der Waals surface area contributed by atoms with Crippen LogP contribution in [0.1, 0.15) is 52.4 Å². The molecule has 0 saturated heterocycles. The zero-order chi connectivity index (χ0) is 15.8. The lowest BCUT2D eigenvalue weighted by Crippen LogP contribution is -2.51. The second-order valence-electron chi connectivity index (χ2n) is 5.83. The Morgan fingerprint density at radius 1 is 1.33 bits per heavy atom. The number of aliphatic hydroxyl groups is 1. The van der Waals surface area contributed by atoms with Gasteiger partial charge in [-0.3, -0.25) is 4.79 Å². The van der Waals surface area contributed by atoms with Gasteiger partial charge in [0.25, 0.3) is 5.91 Å². The first kappa shape index (κ1) is 17.9. The van der Waals surface area contributed by atoms with Crippen LogP contribution in [0.3, 0.4) is 0 Å². The fraction of sp³-hybridized carbons (Fsp3) is 0.867. The van der Waals surface area contributed by atoms with E-state index in [4.69, 9.17) is 10.5 Å². The van der Waals surface area contributed by atoms with E-state index in [0.29, 0.717) is 12.3 Å². The molecule has 1 aliphatic rings. The van der Waals surface area contributed by atoms with Gasteiger partial charge in [-0.05, 0) is 26.2 Å². The predicted molar refractivity (Wildman–Crippen MR) is 79.4 cm³/mol. The van der Waals surface area contributed by atoms with Crippen molar-refractivity contribution in [3.8, 4) is 0 Å². The second kappa shape index (κ2) is 9.00. The average Bonchev–Trinajstić information content (AvgIpc) is 2.47. The molecule has 0 heterocycles. The highest BCUT2D eigenvalue weighted by atomic mass is 16.5. The van der Waals surface area contributed by atoms with E-state index in [1.807, 2.05) is 0 Å². The lowest BCUT2D eigenvalue weighted by molar-refractivity contribution is -0.148. The molecular formula is C15H28N2O4. The van der Waals surface area contributed by atoms with Crippen molar-refractivity contribution in [2.75, 3.05) is 6.61 Å². The first-order valence-electron chi connectivity index (χ1n) is 7.86. The molecule has 3 unspecified atom stereocenters. The Morgan fingerprint density at radius 3 is 2.52 bits per heavy atom. The Labute approximate surface area is 126 Å². The van der Waals surface area contributed by atoms with Gasteiger partial charge in [-0.15, -0.1) is 0 Å². The van der Waals surface area contributed by atoms with Crippen LogP contribution in [0.2, 0.25) is 0 Å². The smallest absolute Gasteiger partial charge is 0.328 e. The number of hydrogen-bond acceptors (Lipinski definition) is 5. The SMILES string of the molecule is CCOC(=O)C(C)NC(=O)C(O)C(N)CC1CCCCC1. The third-order valence-electron chi connectivity index (χ3n) is 4.00. The van der Waals surface area contributed by atoms with Gasteiger partial charge < -0.3 is 20.9 Å². The minimum absolute atomic E-state index is 0.253. The molecule has 0 aliphatic heterocycles. The standard InChI is InChI=1S/C15H28N2O4/c1-3-21-15(20)10(2)17-14(19)13(18)12(16)9-11-7-5-4-6-8-11/h10-13,18H,3-9,16H2,1-2H3,(H,17,19). The number of amides is 1. The molecule has 1 aliphatic carbocycles. The molecule has 0 aromatic carbocycles. The highest BCUT2D eigenvalue weighted by Gasteiger charge is 2.28. The normalized spacial score (nSPS) is 20.4. The number of nitrogens with one attached hydrogen (secondary N) is 1. The van der Waals surface area contributed by atoms with Crippen molar-refractivity contribution in [2.24, 2.45) is 11.7 Å². The van der Waals surface area contributed by atoms with E-state index >= 15 is 0 Å². The van der Waals surface area contributed by atoms with E-state index < -0.39 is 30.1 Å². The number of aliphatic hydroxyl groups excluding tert-OH is 1. The van der Waals surface area contributed by atoms with Crippen molar-refractivity contribution in [3.05, 3.63) is 0 Å². The van der Waals surface area contributed by atoms with Crippen LogP contribution in [0.15, 0.2) is 0 Å². The molecule has 0 aromatic rings. The van der Waals surface area contributed by atoms with Crippen LogP contribution in [0.5, 0.6) is 0 Å². The molecule has 1 saturated carbocycles. The summed E-state index contributed by atoms with van der Waals surface area (Å²) in [6.07, 6.45) is 5.22. The molecule has 1 amide bonds. The molecule has 6 heteroatoms. The van der Waals surface area contributed by atoms with Crippen molar-refractivity contribution < 1.29 is 19.4 Å².